The summed E-state index contributed by atoms with van der Waals surface area (Å²) in [6.07, 6.45) is 0.0484. The molecule has 2 heterocycles. The average molecular weight is 483 g/mol. The summed E-state index contributed by atoms with van der Waals surface area (Å²) in [5.41, 5.74) is 4.28. The molecule has 0 atom stereocenters. The van der Waals surface area contributed by atoms with Crippen molar-refractivity contribution in [3.63, 3.8) is 0 Å². The smallest absolute Gasteiger partial charge is 0.311 e. The van der Waals surface area contributed by atoms with Crippen molar-refractivity contribution >= 4 is 39.1 Å². The van der Waals surface area contributed by atoms with E-state index in [2.05, 4.69) is 20.0 Å². The van der Waals surface area contributed by atoms with E-state index >= 15 is 0 Å². The zero-order chi connectivity index (χ0) is 24.4. The molecule has 8 heteroatoms. The van der Waals surface area contributed by atoms with Gasteiger partial charge in [-0.15, -0.1) is 11.3 Å². The van der Waals surface area contributed by atoms with Crippen molar-refractivity contribution in [1.29, 1.82) is 0 Å². The number of fused-ring (bicyclic) bond motifs is 1. The number of benzene rings is 3. The molecule has 0 aliphatic heterocycles. The molecule has 7 nitrogen and oxygen atoms in total. The third kappa shape index (κ3) is 4.69. The zero-order valence-corrected chi connectivity index (χ0v) is 20.0. The number of aromatic nitrogens is 3. The number of aromatic amines is 1. The van der Waals surface area contributed by atoms with Gasteiger partial charge in [0.25, 0.3) is 5.91 Å². The third-order valence-electron chi connectivity index (χ3n) is 5.63. The molecule has 0 aliphatic carbocycles. The van der Waals surface area contributed by atoms with Gasteiger partial charge in [-0.25, -0.2) is 9.97 Å². The minimum absolute atomic E-state index is 0.0484. The van der Waals surface area contributed by atoms with Crippen molar-refractivity contribution in [2.24, 2.45) is 0 Å². The number of aryl methyl sites for hydroxylation is 1. The quantitative estimate of drug-likeness (QED) is 0.306. The highest BCUT2D eigenvalue weighted by Crippen LogP contribution is 2.31. The number of methoxy groups -OCH3 is 1. The molecule has 1 amide bonds. The van der Waals surface area contributed by atoms with Crippen LogP contribution in [0.2, 0.25) is 0 Å². The summed E-state index contributed by atoms with van der Waals surface area (Å²) in [7, 11) is 1.33. The van der Waals surface area contributed by atoms with E-state index in [0.29, 0.717) is 28.0 Å². The van der Waals surface area contributed by atoms with E-state index in [0.717, 1.165) is 27.5 Å². The summed E-state index contributed by atoms with van der Waals surface area (Å²) in [5, 5.41) is 7.08. The van der Waals surface area contributed by atoms with Crippen LogP contribution < -0.4 is 5.32 Å². The highest BCUT2D eigenvalue weighted by Gasteiger charge is 2.21. The van der Waals surface area contributed by atoms with E-state index < -0.39 is 0 Å². The summed E-state index contributed by atoms with van der Waals surface area (Å²) >= 11 is 1.25. The maximum Gasteiger partial charge on any atom is 0.311 e. The molecule has 0 aliphatic rings. The van der Waals surface area contributed by atoms with Gasteiger partial charge in [-0.2, -0.15) is 0 Å². The van der Waals surface area contributed by atoms with Crippen molar-refractivity contribution in [2.45, 2.75) is 13.3 Å². The number of imidazole rings is 1. The van der Waals surface area contributed by atoms with E-state index in [1.807, 2.05) is 73.7 Å². The molecule has 0 radical (unpaired) electrons. The van der Waals surface area contributed by atoms with Crippen LogP contribution in [0, 0.1) is 6.92 Å². The summed E-state index contributed by atoms with van der Waals surface area (Å²) in [4.78, 5) is 37.3. The Balaban J connectivity index is 1.54. The number of hydrogen-bond acceptors (Lipinski definition) is 6. The van der Waals surface area contributed by atoms with Crippen LogP contribution in [0.25, 0.3) is 33.4 Å². The number of thiazole rings is 1. The SMILES string of the molecule is COC(=O)Cc1csc(NC(=O)c2[nH]c(-c3cccc4ccccc34)nc2-c2ccc(C)cc2)n1. The van der Waals surface area contributed by atoms with Gasteiger partial charge < -0.3 is 9.72 Å². The van der Waals surface area contributed by atoms with Gasteiger partial charge in [0.1, 0.15) is 17.2 Å². The number of ether oxygens (including phenoxy) is 1. The fourth-order valence-corrected chi connectivity index (χ4v) is 4.55. The number of amides is 1. The van der Waals surface area contributed by atoms with E-state index in [1.54, 1.807) is 5.38 Å². The fourth-order valence-electron chi connectivity index (χ4n) is 3.84. The molecule has 5 aromatic rings. The number of anilines is 1. The molecular formula is C27H22N4O3S. The van der Waals surface area contributed by atoms with E-state index in [4.69, 9.17) is 4.98 Å². The van der Waals surface area contributed by atoms with Gasteiger partial charge in [0, 0.05) is 16.5 Å². The van der Waals surface area contributed by atoms with Crippen molar-refractivity contribution in [2.75, 3.05) is 12.4 Å². The lowest BCUT2D eigenvalue weighted by Crippen LogP contribution is -2.14. The van der Waals surface area contributed by atoms with Crippen LogP contribution in [0.15, 0.2) is 72.1 Å². The number of hydrogen-bond donors (Lipinski definition) is 2. The second kappa shape index (κ2) is 9.52. The summed E-state index contributed by atoms with van der Waals surface area (Å²) in [6, 6.07) is 22.0. The Bertz CT molecular complexity index is 1530. The van der Waals surface area contributed by atoms with E-state index in [1.165, 1.54) is 18.4 Å². The second-order valence-corrected chi connectivity index (χ2v) is 8.91. The Morgan fingerprint density at radius 1 is 1.00 bits per heavy atom. The number of H-pyrrole nitrogens is 1. The van der Waals surface area contributed by atoms with Crippen LogP contribution in [0.4, 0.5) is 5.13 Å². The average Bonchev–Trinajstić information content (AvgIpc) is 3.51. The second-order valence-electron chi connectivity index (χ2n) is 8.05. The van der Waals surface area contributed by atoms with Crippen LogP contribution >= 0.6 is 11.3 Å². The number of esters is 1. The maximum absolute atomic E-state index is 13.4. The molecule has 0 spiro atoms. The first-order valence-electron chi connectivity index (χ1n) is 11.0. The Labute approximate surface area is 205 Å². The van der Waals surface area contributed by atoms with E-state index in [9.17, 15) is 9.59 Å². The molecule has 0 fully saturated rings. The molecule has 5 rings (SSSR count). The van der Waals surface area contributed by atoms with Gasteiger partial charge in [-0.1, -0.05) is 72.3 Å². The zero-order valence-electron chi connectivity index (χ0n) is 19.2. The molecule has 0 saturated carbocycles. The number of carbonyl (C=O) groups excluding carboxylic acids is 2. The topological polar surface area (TPSA) is 97.0 Å². The first-order chi connectivity index (χ1) is 17.0. The molecule has 174 valence electrons. The molecule has 35 heavy (non-hydrogen) atoms. The minimum atomic E-state index is -0.386. The summed E-state index contributed by atoms with van der Waals surface area (Å²) < 4.78 is 4.69. The van der Waals surface area contributed by atoms with Crippen LogP contribution in [-0.4, -0.2) is 33.9 Å². The first kappa shape index (κ1) is 22.5. The van der Waals surface area contributed by atoms with Crippen molar-refractivity contribution < 1.29 is 14.3 Å². The van der Waals surface area contributed by atoms with Gasteiger partial charge in [0.15, 0.2) is 5.13 Å². The predicted octanol–water partition coefficient (Wildman–Crippen LogP) is 5.63. The van der Waals surface area contributed by atoms with Gasteiger partial charge in [0.2, 0.25) is 0 Å². The Morgan fingerprint density at radius 3 is 2.57 bits per heavy atom. The van der Waals surface area contributed by atoms with Crippen LogP contribution in [0.1, 0.15) is 21.7 Å². The lowest BCUT2D eigenvalue weighted by atomic mass is 10.0. The number of nitrogens with one attached hydrogen (secondary N) is 2. The lowest BCUT2D eigenvalue weighted by Gasteiger charge is -2.04. The molecule has 0 bridgehead atoms. The molecular weight excluding hydrogens is 460 g/mol. The van der Waals surface area contributed by atoms with Crippen LogP contribution in [0.3, 0.4) is 0 Å². The van der Waals surface area contributed by atoms with Crippen LogP contribution in [0.5, 0.6) is 0 Å². The van der Waals surface area contributed by atoms with Crippen molar-refractivity contribution in [1.82, 2.24) is 15.0 Å². The van der Waals surface area contributed by atoms with Crippen molar-refractivity contribution in [3.05, 3.63) is 89.1 Å². The minimum Gasteiger partial charge on any atom is -0.469 e. The predicted molar refractivity (Wildman–Crippen MR) is 137 cm³/mol. The molecule has 2 N–H and O–H groups in total. The number of carbonyl (C=O) groups is 2. The number of rotatable bonds is 6. The maximum atomic E-state index is 13.4. The fraction of sp³-hybridized carbons (Fsp3) is 0.111. The van der Waals surface area contributed by atoms with Gasteiger partial charge in [-0.05, 0) is 17.7 Å². The summed E-state index contributed by atoms with van der Waals surface area (Å²) in [6.45, 7) is 2.01. The van der Waals surface area contributed by atoms with Gasteiger partial charge in [0.05, 0.1) is 19.2 Å². The Kier molecular flexibility index (Phi) is 6.12. The molecule has 2 aromatic heterocycles. The third-order valence-corrected chi connectivity index (χ3v) is 6.43. The highest BCUT2D eigenvalue weighted by atomic mass is 32.1. The standard InChI is InChI=1S/C27H22N4O3S/c1-16-10-12-18(13-11-16)23-24(26(33)31-27-28-19(15-35-27)14-22(32)34-2)30-25(29-23)21-9-5-7-17-6-3-4-8-20(17)21/h3-13,15H,14H2,1-2H3,(H,29,30)(H,28,31,33). The van der Waals surface area contributed by atoms with E-state index in [-0.39, 0.29) is 18.3 Å². The van der Waals surface area contributed by atoms with Crippen LogP contribution in [-0.2, 0) is 16.0 Å². The largest absolute Gasteiger partial charge is 0.469 e. The normalized spacial score (nSPS) is 10.9. The Hall–Kier alpha value is -4.30. The summed E-state index contributed by atoms with van der Waals surface area (Å²) in [5.74, 6) is -0.144. The molecule has 0 saturated heterocycles. The number of nitrogens with zero attached hydrogens (tertiary/aromatic N) is 2. The molecule has 0 unspecified atom stereocenters. The monoisotopic (exact) mass is 482 g/mol. The van der Waals surface area contributed by atoms with Gasteiger partial charge in [-0.3, -0.25) is 14.9 Å². The first-order valence-corrected chi connectivity index (χ1v) is 11.9. The van der Waals surface area contributed by atoms with Gasteiger partial charge >= 0.3 is 5.97 Å². The Morgan fingerprint density at radius 2 is 1.77 bits per heavy atom. The lowest BCUT2D eigenvalue weighted by molar-refractivity contribution is -0.139. The van der Waals surface area contributed by atoms with Crippen molar-refractivity contribution in [3.8, 4) is 22.6 Å². The highest BCUT2D eigenvalue weighted by molar-refractivity contribution is 7.14. The molecule has 3 aromatic carbocycles.